The number of rotatable bonds is 6. The quantitative estimate of drug-likeness (QED) is 0.803. The molecule has 2 atom stereocenters. The van der Waals surface area contributed by atoms with Crippen LogP contribution in [0.5, 0.6) is 5.75 Å². The largest absolute Gasteiger partial charge is 0.491 e. The maximum Gasteiger partial charge on any atom is 0.119 e. The van der Waals surface area contributed by atoms with E-state index in [1.54, 1.807) is 0 Å². The molecule has 0 aromatic heterocycles. The van der Waals surface area contributed by atoms with Crippen LogP contribution in [-0.2, 0) is 0 Å². The molecule has 18 heavy (non-hydrogen) atoms. The van der Waals surface area contributed by atoms with Gasteiger partial charge in [0.2, 0.25) is 0 Å². The van der Waals surface area contributed by atoms with Crippen molar-refractivity contribution in [1.29, 1.82) is 0 Å². The molecule has 0 fully saturated rings. The predicted molar refractivity (Wildman–Crippen MR) is 73.7 cm³/mol. The van der Waals surface area contributed by atoms with Crippen LogP contribution >= 0.6 is 0 Å². The van der Waals surface area contributed by atoms with Gasteiger partial charge in [0.05, 0.1) is 18.2 Å². The Balaban J connectivity index is 2.87. The fourth-order valence-electron chi connectivity index (χ4n) is 2.01. The number of aliphatic hydroxyl groups excluding tert-OH is 1. The lowest BCUT2D eigenvalue weighted by Gasteiger charge is -2.28. The van der Waals surface area contributed by atoms with Crippen LogP contribution in [0.1, 0.15) is 25.5 Å². The monoisotopic (exact) mass is 252 g/mol. The first-order valence-electron chi connectivity index (χ1n) is 6.27. The summed E-state index contributed by atoms with van der Waals surface area (Å²) >= 11 is 0. The second kappa shape index (κ2) is 6.73. The second-order valence-corrected chi connectivity index (χ2v) is 4.95. The van der Waals surface area contributed by atoms with E-state index in [-0.39, 0.29) is 18.7 Å². The molecule has 0 spiro atoms. The van der Waals surface area contributed by atoms with Gasteiger partial charge in [-0.15, -0.1) is 0 Å². The number of benzene rings is 1. The molecule has 0 radical (unpaired) electrons. The molecule has 0 saturated carbocycles. The van der Waals surface area contributed by atoms with Crippen molar-refractivity contribution < 1.29 is 9.84 Å². The van der Waals surface area contributed by atoms with E-state index in [2.05, 4.69) is 0 Å². The van der Waals surface area contributed by atoms with Crippen molar-refractivity contribution >= 4 is 0 Å². The Morgan fingerprint density at radius 3 is 2.17 bits per heavy atom. The highest BCUT2D eigenvalue weighted by Crippen LogP contribution is 2.24. The summed E-state index contributed by atoms with van der Waals surface area (Å²) in [5.74, 6) is 0.841. The average Bonchev–Trinajstić information content (AvgIpc) is 2.30. The maximum atomic E-state index is 9.96. The first kappa shape index (κ1) is 15.0. The van der Waals surface area contributed by atoms with E-state index in [9.17, 15) is 5.11 Å². The van der Waals surface area contributed by atoms with Crippen molar-refractivity contribution in [2.75, 3.05) is 20.6 Å². The summed E-state index contributed by atoms with van der Waals surface area (Å²) in [6.45, 7) is 4.23. The van der Waals surface area contributed by atoms with E-state index < -0.39 is 6.10 Å². The normalized spacial score (nSPS) is 14.9. The lowest BCUT2D eigenvalue weighted by molar-refractivity contribution is 0.0823. The molecule has 1 aromatic carbocycles. The molecule has 0 amide bonds. The van der Waals surface area contributed by atoms with Crippen LogP contribution in [0.2, 0.25) is 0 Å². The summed E-state index contributed by atoms with van der Waals surface area (Å²) in [6.07, 6.45) is -0.410. The summed E-state index contributed by atoms with van der Waals surface area (Å²) in [6, 6.07) is 7.70. The molecule has 0 bridgehead atoms. The molecule has 2 unspecified atom stereocenters. The Morgan fingerprint density at radius 1 is 1.22 bits per heavy atom. The topological polar surface area (TPSA) is 58.7 Å². The Kier molecular flexibility index (Phi) is 5.59. The molecule has 4 nitrogen and oxygen atoms in total. The molecule has 102 valence electrons. The highest BCUT2D eigenvalue weighted by Gasteiger charge is 2.22. The lowest BCUT2D eigenvalue weighted by atomic mass is 10.0. The molecule has 0 saturated heterocycles. The third-order valence-corrected chi connectivity index (χ3v) is 2.76. The Morgan fingerprint density at radius 2 is 1.78 bits per heavy atom. The zero-order chi connectivity index (χ0) is 13.7. The zero-order valence-corrected chi connectivity index (χ0v) is 11.6. The summed E-state index contributed by atoms with van der Waals surface area (Å²) < 4.78 is 5.60. The van der Waals surface area contributed by atoms with Crippen LogP contribution in [0.25, 0.3) is 0 Å². The molecular formula is C14H24N2O2. The fraction of sp³-hybridized carbons (Fsp3) is 0.571. The molecule has 4 heteroatoms. The van der Waals surface area contributed by atoms with E-state index in [1.807, 2.05) is 57.1 Å². The number of nitrogens with zero attached hydrogens (tertiary/aromatic N) is 1. The summed E-state index contributed by atoms with van der Waals surface area (Å²) in [4.78, 5) is 1.97. The van der Waals surface area contributed by atoms with Crippen LogP contribution in [0.4, 0.5) is 0 Å². The fourth-order valence-corrected chi connectivity index (χ4v) is 2.01. The molecule has 1 rings (SSSR count). The van der Waals surface area contributed by atoms with Gasteiger partial charge in [-0.1, -0.05) is 12.1 Å². The van der Waals surface area contributed by atoms with Gasteiger partial charge in [-0.05, 0) is 45.6 Å². The average molecular weight is 252 g/mol. The molecule has 3 N–H and O–H groups in total. The smallest absolute Gasteiger partial charge is 0.119 e. The highest BCUT2D eigenvalue weighted by molar-refractivity contribution is 5.30. The van der Waals surface area contributed by atoms with Gasteiger partial charge in [0.25, 0.3) is 0 Å². The van der Waals surface area contributed by atoms with Crippen molar-refractivity contribution in [3.63, 3.8) is 0 Å². The van der Waals surface area contributed by atoms with E-state index in [0.29, 0.717) is 0 Å². The first-order chi connectivity index (χ1) is 8.45. The molecule has 0 heterocycles. The van der Waals surface area contributed by atoms with Gasteiger partial charge in [-0.3, -0.25) is 0 Å². The number of aliphatic hydroxyl groups is 1. The van der Waals surface area contributed by atoms with Gasteiger partial charge in [0.1, 0.15) is 5.75 Å². The SMILES string of the molecule is CC(C)Oc1ccc(C(C(O)CN)N(C)C)cc1. The van der Waals surface area contributed by atoms with E-state index >= 15 is 0 Å². The van der Waals surface area contributed by atoms with Crippen molar-refractivity contribution in [2.45, 2.75) is 32.1 Å². The minimum atomic E-state index is -0.572. The van der Waals surface area contributed by atoms with Crippen LogP contribution in [0, 0.1) is 0 Å². The standard InChI is InChI=1S/C14H24N2O2/c1-10(2)18-12-7-5-11(6-8-12)14(16(3)4)13(17)9-15/h5-8,10,13-14,17H,9,15H2,1-4H3. The minimum absolute atomic E-state index is 0.0944. The van der Waals surface area contributed by atoms with Gasteiger partial charge >= 0.3 is 0 Å². The first-order valence-corrected chi connectivity index (χ1v) is 6.27. The molecule has 0 aliphatic heterocycles. The highest BCUT2D eigenvalue weighted by atomic mass is 16.5. The minimum Gasteiger partial charge on any atom is -0.491 e. The van der Waals surface area contributed by atoms with Crippen molar-refractivity contribution in [3.8, 4) is 5.75 Å². The molecular weight excluding hydrogens is 228 g/mol. The number of nitrogens with two attached hydrogens (primary N) is 1. The predicted octanol–water partition coefficient (Wildman–Crippen LogP) is 1.40. The van der Waals surface area contributed by atoms with Crippen LogP contribution in [0.3, 0.4) is 0 Å². The number of hydrogen-bond acceptors (Lipinski definition) is 4. The van der Waals surface area contributed by atoms with Gasteiger partial charge in [0.15, 0.2) is 0 Å². The molecule has 0 aliphatic carbocycles. The van der Waals surface area contributed by atoms with Crippen LogP contribution in [0.15, 0.2) is 24.3 Å². The van der Waals surface area contributed by atoms with Crippen LogP contribution in [-0.4, -0.2) is 42.9 Å². The Bertz CT molecular complexity index is 349. The van der Waals surface area contributed by atoms with Gasteiger partial charge in [-0.25, -0.2) is 0 Å². The van der Waals surface area contributed by atoms with Crippen molar-refractivity contribution in [2.24, 2.45) is 5.73 Å². The summed E-state index contributed by atoms with van der Waals surface area (Å²) in [5, 5.41) is 9.96. The third kappa shape index (κ3) is 3.98. The number of likely N-dealkylation sites (N-methyl/N-ethyl adjacent to an activating group) is 1. The maximum absolute atomic E-state index is 9.96. The van der Waals surface area contributed by atoms with Crippen molar-refractivity contribution in [3.05, 3.63) is 29.8 Å². The zero-order valence-electron chi connectivity index (χ0n) is 11.6. The van der Waals surface area contributed by atoms with Gasteiger partial charge in [0, 0.05) is 6.54 Å². The Labute approximate surface area is 109 Å². The lowest BCUT2D eigenvalue weighted by Crippen LogP contribution is -2.36. The van der Waals surface area contributed by atoms with E-state index in [4.69, 9.17) is 10.5 Å². The summed E-state index contributed by atoms with van der Waals surface area (Å²) in [7, 11) is 3.87. The number of ether oxygens (including phenoxy) is 1. The van der Waals surface area contributed by atoms with E-state index in [0.717, 1.165) is 11.3 Å². The Hall–Kier alpha value is -1.10. The van der Waals surface area contributed by atoms with Gasteiger partial charge < -0.3 is 20.5 Å². The number of hydrogen-bond donors (Lipinski definition) is 2. The van der Waals surface area contributed by atoms with Gasteiger partial charge in [-0.2, -0.15) is 0 Å². The molecule has 1 aromatic rings. The van der Waals surface area contributed by atoms with E-state index in [1.165, 1.54) is 0 Å². The van der Waals surface area contributed by atoms with Crippen molar-refractivity contribution in [1.82, 2.24) is 4.90 Å². The second-order valence-electron chi connectivity index (χ2n) is 4.95. The third-order valence-electron chi connectivity index (χ3n) is 2.76. The summed E-state index contributed by atoms with van der Waals surface area (Å²) in [5.41, 5.74) is 6.58. The van der Waals surface area contributed by atoms with Crippen LogP contribution < -0.4 is 10.5 Å². The molecule has 0 aliphatic rings.